The van der Waals surface area contributed by atoms with Gasteiger partial charge in [-0.1, -0.05) is 62.0 Å². The number of aliphatic hydroxyl groups is 1. The van der Waals surface area contributed by atoms with E-state index in [2.05, 4.69) is 0 Å². The molecule has 0 heterocycles. The Morgan fingerprint density at radius 2 is 1.52 bits per heavy atom. The molecule has 2 aromatic rings. The van der Waals surface area contributed by atoms with Crippen LogP contribution in [-0.2, 0) is 4.79 Å². The van der Waals surface area contributed by atoms with Gasteiger partial charge in [0.15, 0.2) is 5.12 Å². The van der Waals surface area contributed by atoms with Crippen LogP contribution < -0.4 is 0 Å². The minimum absolute atomic E-state index is 0.00715. The Morgan fingerprint density at radius 1 is 1.00 bits per heavy atom. The van der Waals surface area contributed by atoms with E-state index in [1.807, 2.05) is 74.5 Å². The van der Waals surface area contributed by atoms with Gasteiger partial charge in [-0.2, -0.15) is 0 Å². The van der Waals surface area contributed by atoms with Crippen LogP contribution in [0.2, 0.25) is 0 Å². The molecule has 0 aliphatic rings. The summed E-state index contributed by atoms with van der Waals surface area (Å²) in [6, 6.07) is 19.6. The minimum Gasteiger partial charge on any atom is -0.391 e. The average Bonchev–Trinajstić information content (AvgIpc) is 2.60. The Hall–Kier alpha value is -1.23. The topological polar surface area (TPSA) is 37.3 Å². The number of carbonyl (C=O) groups excluding carboxylic acids is 1. The Labute approximate surface area is 146 Å². The molecule has 0 unspecified atom stereocenters. The minimum atomic E-state index is -0.658. The molecule has 0 saturated heterocycles. The van der Waals surface area contributed by atoms with Crippen LogP contribution in [-0.4, -0.2) is 21.6 Å². The zero-order valence-corrected chi connectivity index (χ0v) is 15.0. The lowest BCUT2D eigenvalue weighted by atomic mass is 10.0. The molecule has 0 saturated carbocycles. The zero-order chi connectivity index (χ0) is 16.7. The van der Waals surface area contributed by atoms with Crippen LogP contribution in [0.1, 0.15) is 20.3 Å². The van der Waals surface area contributed by atoms with Crippen molar-refractivity contribution in [1.82, 2.24) is 0 Å². The molecule has 122 valence electrons. The first-order valence-electron chi connectivity index (χ1n) is 7.78. The van der Waals surface area contributed by atoms with Crippen LogP contribution >= 0.6 is 23.5 Å². The summed E-state index contributed by atoms with van der Waals surface area (Å²) in [6.07, 6.45) is 0.155. The van der Waals surface area contributed by atoms with Crippen molar-refractivity contribution in [3.05, 3.63) is 60.7 Å². The lowest BCUT2D eigenvalue weighted by Crippen LogP contribution is -2.33. The molecule has 0 amide bonds. The second-order valence-corrected chi connectivity index (χ2v) is 7.78. The van der Waals surface area contributed by atoms with Gasteiger partial charge in [0, 0.05) is 15.0 Å². The summed E-state index contributed by atoms with van der Waals surface area (Å²) in [5.41, 5.74) is 0. The highest BCUT2D eigenvalue weighted by Gasteiger charge is 2.29. The van der Waals surface area contributed by atoms with Gasteiger partial charge in [0.1, 0.15) is 0 Å². The standard InChI is InChI=1S/C19H22O2S2/c1-3-17(22-15-10-6-4-7-11-15)18(20)14(2)19(21)23-16-12-8-5-9-13-16/h4-14,17-18,20H,3H2,1-2H3/t14-,17-,18-/m0/s1. The van der Waals surface area contributed by atoms with E-state index in [0.29, 0.717) is 0 Å². The van der Waals surface area contributed by atoms with Gasteiger partial charge in [0.05, 0.1) is 12.0 Å². The van der Waals surface area contributed by atoms with Crippen molar-refractivity contribution in [3.63, 3.8) is 0 Å². The highest BCUT2D eigenvalue weighted by Crippen LogP contribution is 2.32. The van der Waals surface area contributed by atoms with Gasteiger partial charge < -0.3 is 5.11 Å². The summed E-state index contributed by atoms with van der Waals surface area (Å²) in [7, 11) is 0. The zero-order valence-electron chi connectivity index (χ0n) is 13.4. The highest BCUT2D eigenvalue weighted by molar-refractivity contribution is 8.13. The van der Waals surface area contributed by atoms with E-state index < -0.39 is 12.0 Å². The first-order chi connectivity index (χ1) is 11.1. The van der Waals surface area contributed by atoms with Gasteiger partial charge in [-0.25, -0.2) is 0 Å². The molecule has 0 radical (unpaired) electrons. The van der Waals surface area contributed by atoms with Crippen molar-refractivity contribution < 1.29 is 9.90 Å². The molecule has 0 fully saturated rings. The average molecular weight is 347 g/mol. The van der Waals surface area contributed by atoms with Crippen molar-refractivity contribution in [2.24, 2.45) is 5.92 Å². The molecular weight excluding hydrogens is 324 g/mol. The van der Waals surface area contributed by atoms with E-state index in [4.69, 9.17) is 0 Å². The third-order valence-corrected chi connectivity index (χ3v) is 6.20. The number of hydrogen-bond acceptors (Lipinski definition) is 4. The predicted molar refractivity (Wildman–Crippen MR) is 98.9 cm³/mol. The molecule has 4 heteroatoms. The fraction of sp³-hybridized carbons (Fsp3) is 0.316. The van der Waals surface area contributed by atoms with Gasteiger partial charge in [-0.3, -0.25) is 4.79 Å². The van der Waals surface area contributed by atoms with E-state index in [0.717, 1.165) is 16.2 Å². The molecular formula is C19H22O2S2. The van der Waals surface area contributed by atoms with Crippen LogP contribution in [0.4, 0.5) is 0 Å². The van der Waals surface area contributed by atoms with E-state index in [9.17, 15) is 9.90 Å². The molecule has 0 aromatic heterocycles. The number of thioether (sulfide) groups is 2. The Morgan fingerprint density at radius 3 is 2.04 bits per heavy atom. The van der Waals surface area contributed by atoms with Gasteiger partial charge in [-0.15, -0.1) is 11.8 Å². The van der Waals surface area contributed by atoms with Gasteiger partial charge in [0.2, 0.25) is 0 Å². The number of rotatable bonds is 7. The molecule has 2 rings (SSSR count). The third kappa shape index (κ3) is 5.41. The third-order valence-electron chi connectivity index (χ3n) is 3.66. The molecule has 0 aliphatic heterocycles. The Balaban J connectivity index is 1.98. The summed E-state index contributed by atoms with van der Waals surface area (Å²) in [4.78, 5) is 14.5. The summed E-state index contributed by atoms with van der Waals surface area (Å²) < 4.78 is 0. The largest absolute Gasteiger partial charge is 0.391 e. The predicted octanol–water partition coefficient (Wildman–Crippen LogP) is 4.87. The fourth-order valence-electron chi connectivity index (χ4n) is 2.23. The lowest BCUT2D eigenvalue weighted by Gasteiger charge is -2.25. The number of carbonyl (C=O) groups is 1. The Kier molecular flexibility index (Phi) is 7.21. The molecule has 0 bridgehead atoms. The molecule has 0 spiro atoms. The second kappa shape index (κ2) is 9.16. The van der Waals surface area contributed by atoms with E-state index >= 15 is 0 Å². The molecule has 2 aromatic carbocycles. The maximum absolute atomic E-state index is 12.4. The normalized spacial score (nSPS) is 14.9. The smallest absolute Gasteiger partial charge is 0.199 e. The van der Waals surface area contributed by atoms with Crippen LogP contribution in [0.25, 0.3) is 0 Å². The maximum Gasteiger partial charge on any atom is 0.199 e. The summed E-state index contributed by atoms with van der Waals surface area (Å²) in [5.74, 6) is -0.402. The van der Waals surface area contributed by atoms with E-state index in [1.165, 1.54) is 11.8 Å². The molecule has 1 N–H and O–H groups in total. The quantitative estimate of drug-likeness (QED) is 0.726. The second-order valence-electron chi connectivity index (χ2n) is 5.39. The molecule has 3 atom stereocenters. The first-order valence-corrected chi connectivity index (χ1v) is 9.48. The van der Waals surface area contributed by atoms with E-state index in [-0.39, 0.29) is 10.4 Å². The summed E-state index contributed by atoms with van der Waals surface area (Å²) in [5, 5.41) is 10.6. The fourth-order valence-corrected chi connectivity index (χ4v) is 4.28. The van der Waals surface area contributed by atoms with Crippen molar-refractivity contribution >= 4 is 28.6 Å². The first kappa shape index (κ1) is 18.1. The van der Waals surface area contributed by atoms with Crippen molar-refractivity contribution in [2.75, 3.05) is 0 Å². The lowest BCUT2D eigenvalue weighted by molar-refractivity contribution is -0.116. The van der Waals surface area contributed by atoms with Crippen LogP contribution in [0.15, 0.2) is 70.5 Å². The monoisotopic (exact) mass is 346 g/mol. The van der Waals surface area contributed by atoms with Crippen molar-refractivity contribution in [2.45, 2.75) is 41.4 Å². The van der Waals surface area contributed by atoms with E-state index in [1.54, 1.807) is 11.8 Å². The van der Waals surface area contributed by atoms with Gasteiger partial charge in [-0.05, 0) is 30.7 Å². The highest BCUT2D eigenvalue weighted by atomic mass is 32.2. The Bertz CT molecular complexity index is 601. The SMILES string of the molecule is CC[C@H](Sc1ccccc1)[C@@H](O)[C@H](C)C(=O)Sc1ccccc1. The molecule has 0 aliphatic carbocycles. The summed E-state index contributed by atoms with van der Waals surface area (Å²) >= 11 is 2.84. The van der Waals surface area contributed by atoms with Gasteiger partial charge >= 0.3 is 0 Å². The maximum atomic E-state index is 12.4. The van der Waals surface area contributed by atoms with Crippen LogP contribution in [0.5, 0.6) is 0 Å². The molecule has 23 heavy (non-hydrogen) atoms. The number of benzene rings is 2. The van der Waals surface area contributed by atoms with Crippen molar-refractivity contribution in [1.29, 1.82) is 0 Å². The van der Waals surface area contributed by atoms with Crippen LogP contribution in [0.3, 0.4) is 0 Å². The van der Waals surface area contributed by atoms with Crippen molar-refractivity contribution in [3.8, 4) is 0 Å². The van der Waals surface area contributed by atoms with Crippen LogP contribution in [0, 0.1) is 5.92 Å². The molecule has 2 nitrogen and oxygen atoms in total. The van der Waals surface area contributed by atoms with Gasteiger partial charge in [0.25, 0.3) is 0 Å². The summed E-state index contributed by atoms with van der Waals surface area (Å²) in [6.45, 7) is 3.86. The number of hydrogen-bond donors (Lipinski definition) is 1. The number of aliphatic hydroxyl groups excluding tert-OH is 1.